The summed E-state index contributed by atoms with van der Waals surface area (Å²) in [5.74, 6) is -0.314. The summed E-state index contributed by atoms with van der Waals surface area (Å²) in [5.41, 5.74) is 1.70. The summed E-state index contributed by atoms with van der Waals surface area (Å²) in [7, 11) is 1.35. The fourth-order valence-corrected chi connectivity index (χ4v) is 2.00. The van der Waals surface area contributed by atoms with Crippen molar-refractivity contribution in [2.75, 3.05) is 13.0 Å². The van der Waals surface area contributed by atoms with Gasteiger partial charge in [0.15, 0.2) is 5.78 Å². The third kappa shape index (κ3) is 4.48. The van der Waals surface area contributed by atoms with Gasteiger partial charge in [-0.2, -0.15) is 0 Å². The number of ether oxygens (including phenoxy) is 1. The van der Waals surface area contributed by atoms with E-state index in [0.29, 0.717) is 6.42 Å². The number of esters is 1. The number of benzene rings is 1. The molecule has 0 fully saturated rings. The zero-order chi connectivity index (χ0) is 12.8. The van der Waals surface area contributed by atoms with Crippen LogP contribution < -0.4 is 0 Å². The largest absolute Gasteiger partial charge is 0.469 e. The van der Waals surface area contributed by atoms with Crippen molar-refractivity contribution < 1.29 is 14.3 Å². The summed E-state index contributed by atoms with van der Waals surface area (Å²) in [4.78, 5) is 22.3. The number of rotatable bonds is 5. The number of carbonyl (C=O) groups excluding carboxylic acids is 2. The van der Waals surface area contributed by atoms with E-state index in [9.17, 15) is 9.59 Å². The Morgan fingerprint density at radius 1 is 1.35 bits per heavy atom. The van der Waals surface area contributed by atoms with Crippen molar-refractivity contribution in [1.82, 2.24) is 0 Å². The predicted octanol–water partition coefficient (Wildman–Crippen LogP) is 2.52. The van der Waals surface area contributed by atoms with Gasteiger partial charge in [0.2, 0.25) is 0 Å². The van der Waals surface area contributed by atoms with E-state index in [1.165, 1.54) is 7.11 Å². The van der Waals surface area contributed by atoms with Crippen LogP contribution in [0.2, 0.25) is 0 Å². The fraction of sp³-hybridized carbons (Fsp3) is 0.333. The average molecular weight is 320 g/mol. The van der Waals surface area contributed by atoms with E-state index in [0.717, 1.165) is 15.6 Å². The van der Waals surface area contributed by atoms with Crippen LogP contribution in [-0.4, -0.2) is 24.7 Å². The van der Waals surface area contributed by atoms with Crippen LogP contribution in [0, 0.1) is 0 Å². The minimum absolute atomic E-state index is 0.0103. The highest BCUT2D eigenvalue weighted by Crippen LogP contribution is 2.20. The molecule has 0 aliphatic carbocycles. The minimum atomic E-state index is -0.290. The monoisotopic (exact) mass is 318 g/mol. The topological polar surface area (TPSA) is 43.4 Å². The Morgan fingerprint density at radius 2 is 2.06 bits per heavy atom. The van der Waals surface area contributed by atoms with Crippen molar-refractivity contribution in [3.8, 4) is 0 Å². The van der Waals surface area contributed by atoms with E-state index < -0.39 is 0 Å². The number of carbonyl (C=O) groups is 2. The van der Waals surface area contributed by atoms with Crippen molar-refractivity contribution in [2.24, 2.45) is 0 Å². The fourth-order valence-electron chi connectivity index (χ4n) is 1.34. The SMILES string of the molecule is COC(=O)Cc1ccc(CC(=O)CCl)c(Br)c1. The zero-order valence-electron chi connectivity index (χ0n) is 9.33. The van der Waals surface area contributed by atoms with Gasteiger partial charge in [-0.3, -0.25) is 9.59 Å². The maximum Gasteiger partial charge on any atom is 0.309 e. The minimum Gasteiger partial charge on any atom is -0.469 e. The van der Waals surface area contributed by atoms with Gasteiger partial charge in [0.05, 0.1) is 19.4 Å². The molecular formula is C12H12BrClO3. The second-order valence-electron chi connectivity index (χ2n) is 3.53. The van der Waals surface area contributed by atoms with Gasteiger partial charge in [0.1, 0.15) is 0 Å². The number of halogens is 2. The molecule has 0 spiro atoms. The number of hydrogen-bond donors (Lipinski definition) is 0. The van der Waals surface area contributed by atoms with Gasteiger partial charge < -0.3 is 4.74 Å². The van der Waals surface area contributed by atoms with Crippen molar-refractivity contribution in [3.63, 3.8) is 0 Å². The summed E-state index contributed by atoms with van der Waals surface area (Å²) in [6, 6.07) is 5.43. The van der Waals surface area contributed by atoms with Gasteiger partial charge in [-0.1, -0.05) is 28.1 Å². The maximum atomic E-state index is 11.2. The van der Waals surface area contributed by atoms with Gasteiger partial charge in [-0.05, 0) is 17.2 Å². The van der Waals surface area contributed by atoms with E-state index in [4.69, 9.17) is 11.6 Å². The molecule has 0 atom stereocenters. The van der Waals surface area contributed by atoms with Crippen molar-refractivity contribution in [1.29, 1.82) is 0 Å². The van der Waals surface area contributed by atoms with E-state index >= 15 is 0 Å². The highest BCUT2D eigenvalue weighted by Gasteiger charge is 2.08. The lowest BCUT2D eigenvalue weighted by molar-refractivity contribution is -0.139. The molecular weight excluding hydrogens is 307 g/mol. The van der Waals surface area contributed by atoms with E-state index in [-0.39, 0.29) is 24.1 Å². The molecule has 0 aliphatic heterocycles. The van der Waals surface area contributed by atoms with Crippen molar-refractivity contribution in [3.05, 3.63) is 33.8 Å². The second kappa shape index (κ2) is 6.77. The Bertz CT molecular complexity index is 432. The lowest BCUT2D eigenvalue weighted by Gasteiger charge is -2.05. The molecule has 0 aliphatic rings. The predicted molar refractivity (Wildman–Crippen MR) is 69.3 cm³/mol. The quantitative estimate of drug-likeness (QED) is 0.619. The highest BCUT2D eigenvalue weighted by molar-refractivity contribution is 9.10. The van der Waals surface area contributed by atoms with E-state index in [1.54, 1.807) is 6.07 Å². The van der Waals surface area contributed by atoms with Gasteiger partial charge in [-0.25, -0.2) is 0 Å². The number of Topliss-reactive ketones (excluding diaryl/α,β-unsaturated/α-hetero) is 1. The molecule has 0 saturated heterocycles. The summed E-state index contributed by atoms with van der Waals surface area (Å²) in [5, 5.41) is 0. The molecule has 17 heavy (non-hydrogen) atoms. The molecule has 0 amide bonds. The van der Waals surface area contributed by atoms with Crippen LogP contribution in [-0.2, 0) is 27.2 Å². The Morgan fingerprint density at radius 3 is 2.59 bits per heavy atom. The van der Waals surface area contributed by atoms with Crippen molar-refractivity contribution >= 4 is 39.3 Å². The molecule has 3 nitrogen and oxygen atoms in total. The first-order valence-corrected chi connectivity index (χ1v) is 6.31. The first kappa shape index (κ1) is 14.2. The molecule has 1 aromatic rings. The highest BCUT2D eigenvalue weighted by atomic mass is 79.9. The van der Waals surface area contributed by atoms with Crippen molar-refractivity contribution in [2.45, 2.75) is 12.8 Å². The molecule has 0 unspecified atom stereocenters. The third-order valence-electron chi connectivity index (χ3n) is 2.23. The summed E-state index contributed by atoms with van der Waals surface area (Å²) < 4.78 is 5.38. The number of hydrogen-bond acceptors (Lipinski definition) is 3. The number of alkyl halides is 1. The standard InChI is InChI=1S/C12H12BrClO3/c1-17-12(16)5-8-2-3-9(11(13)4-8)6-10(15)7-14/h2-4H,5-7H2,1H3. The van der Waals surface area contributed by atoms with E-state index in [1.807, 2.05) is 12.1 Å². The molecule has 0 heterocycles. The molecule has 0 radical (unpaired) electrons. The van der Waals surface area contributed by atoms with Gasteiger partial charge >= 0.3 is 5.97 Å². The Labute approximate surface area is 113 Å². The third-order valence-corrected chi connectivity index (χ3v) is 3.27. The molecule has 5 heteroatoms. The molecule has 1 rings (SSSR count). The van der Waals surface area contributed by atoms with Crippen LogP contribution in [0.4, 0.5) is 0 Å². The molecule has 0 bridgehead atoms. The van der Waals surface area contributed by atoms with Gasteiger partial charge in [-0.15, -0.1) is 11.6 Å². The van der Waals surface area contributed by atoms with E-state index in [2.05, 4.69) is 20.7 Å². The van der Waals surface area contributed by atoms with Crippen LogP contribution in [0.15, 0.2) is 22.7 Å². The normalized spacial score (nSPS) is 10.1. The maximum absolute atomic E-state index is 11.2. The first-order chi connectivity index (χ1) is 8.06. The second-order valence-corrected chi connectivity index (χ2v) is 4.65. The van der Waals surface area contributed by atoms with Crippen LogP contribution in [0.5, 0.6) is 0 Å². The summed E-state index contributed by atoms with van der Waals surface area (Å²) in [6.45, 7) is 0. The molecule has 1 aromatic carbocycles. The zero-order valence-corrected chi connectivity index (χ0v) is 11.7. The number of ketones is 1. The smallest absolute Gasteiger partial charge is 0.309 e. The lowest BCUT2D eigenvalue weighted by Crippen LogP contribution is -2.06. The average Bonchev–Trinajstić information content (AvgIpc) is 2.32. The summed E-state index contributed by atoms with van der Waals surface area (Å²) in [6.07, 6.45) is 0.515. The first-order valence-electron chi connectivity index (χ1n) is 4.98. The van der Waals surface area contributed by atoms with Crippen LogP contribution in [0.1, 0.15) is 11.1 Å². The van der Waals surface area contributed by atoms with Crippen LogP contribution >= 0.6 is 27.5 Å². The van der Waals surface area contributed by atoms with Crippen LogP contribution in [0.3, 0.4) is 0 Å². The Kier molecular flexibility index (Phi) is 5.65. The Balaban J connectivity index is 2.79. The van der Waals surface area contributed by atoms with Gasteiger partial charge in [0, 0.05) is 10.9 Å². The molecule has 92 valence electrons. The molecule has 0 N–H and O–H groups in total. The Hall–Kier alpha value is -0.870. The lowest BCUT2D eigenvalue weighted by atomic mass is 10.1. The van der Waals surface area contributed by atoms with Gasteiger partial charge in [0.25, 0.3) is 0 Å². The number of methoxy groups -OCH3 is 1. The molecule has 0 saturated carbocycles. The summed E-state index contributed by atoms with van der Waals surface area (Å²) >= 11 is 8.82. The molecule has 0 aromatic heterocycles. The van der Waals surface area contributed by atoms with Crippen LogP contribution in [0.25, 0.3) is 0 Å².